The van der Waals surface area contributed by atoms with Crippen molar-refractivity contribution >= 4 is 0 Å². The molecule has 1 aromatic rings. The van der Waals surface area contributed by atoms with Gasteiger partial charge in [0.15, 0.2) is 5.69 Å². The highest BCUT2D eigenvalue weighted by molar-refractivity contribution is 5.35. The van der Waals surface area contributed by atoms with Crippen molar-refractivity contribution < 1.29 is 4.74 Å². The van der Waals surface area contributed by atoms with Crippen LogP contribution in [0.15, 0.2) is 6.33 Å². The minimum Gasteiger partial charge on any atom is -0.481 e. The highest BCUT2D eigenvalue weighted by Gasteiger charge is 2.04. The Kier molecular flexibility index (Phi) is 2.02. The van der Waals surface area contributed by atoms with Gasteiger partial charge in [0.1, 0.15) is 12.4 Å². The van der Waals surface area contributed by atoms with Crippen molar-refractivity contribution in [1.82, 2.24) is 9.97 Å². The molecule has 1 heterocycles. The molecule has 56 valence electrons. The van der Waals surface area contributed by atoms with Crippen LogP contribution in [0, 0.1) is 18.3 Å². The SMILES string of the molecule is COc1ncnc(C#N)c1C. The van der Waals surface area contributed by atoms with Crippen LogP contribution >= 0.6 is 0 Å². The summed E-state index contributed by atoms with van der Waals surface area (Å²) in [4.78, 5) is 7.57. The third kappa shape index (κ3) is 1.27. The van der Waals surface area contributed by atoms with E-state index >= 15 is 0 Å². The lowest BCUT2D eigenvalue weighted by molar-refractivity contribution is 0.393. The Morgan fingerprint density at radius 3 is 2.82 bits per heavy atom. The van der Waals surface area contributed by atoms with Gasteiger partial charge in [0.05, 0.1) is 7.11 Å². The fraction of sp³-hybridized carbons (Fsp3) is 0.286. The molecule has 11 heavy (non-hydrogen) atoms. The molecule has 0 saturated carbocycles. The first-order valence-electron chi connectivity index (χ1n) is 3.05. The van der Waals surface area contributed by atoms with Crippen LogP contribution in [0.5, 0.6) is 5.88 Å². The van der Waals surface area contributed by atoms with Crippen LogP contribution in [-0.2, 0) is 0 Å². The second-order valence-electron chi connectivity index (χ2n) is 1.97. The van der Waals surface area contributed by atoms with E-state index in [1.165, 1.54) is 13.4 Å². The zero-order chi connectivity index (χ0) is 8.27. The van der Waals surface area contributed by atoms with Crippen LogP contribution in [0.4, 0.5) is 0 Å². The molecule has 0 N–H and O–H groups in total. The van der Waals surface area contributed by atoms with Crippen molar-refractivity contribution in [3.05, 3.63) is 17.6 Å². The lowest BCUT2D eigenvalue weighted by atomic mass is 10.2. The van der Waals surface area contributed by atoms with E-state index in [2.05, 4.69) is 9.97 Å². The van der Waals surface area contributed by atoms with Gasteiger partial charge in [0.2, 0.25) is 5.88 Å². The summed E-state index contributed by atoms with van der Waals surface area (Å²) in [7, 11) is 1.51. The highest BCUT2D eigenvalue weighted by atomic mass is 16.5. The summed E-state index contributed by atoms with van der Waals surface area (Å²) in [6, 6.07) is 1.94. The van der Waals surface area contributed by atoms with Gasteiger partial charge in [-0.2, -0.15) is 5.26 Å². The number of nitrogens with zero attached hydrogens (tertiary/aromatic N) is 3. The maximum Gasteiger partial charge on any atom is 0.220 e. The Morgan fingerprint density at radius 1 is 1.55 bits per heavy atom. The smallest absolute Gasteiger partial charge is 0.220 e. The van der Waals surface area contributed by atoms with Gasteiger partial charge in [0.25, 0.3) is 0 Å². The zero-order valence-corrected chi connectivity index (χ0v) is 6.33. The monoisotopic (exact) mass is 149 g/mol. The van der Waals surface area contributed by atoms with Crippen LogP contribution in [-0.4, -0.2) is 17.1 Å². The van der Waals surface area contributed by atoms with Gasteiger partial charge in [-0.15, -0.1) is 0 Å². The van der Waals surface area contributed by atoms with Crippen molar-refractivity contribution in [3.63, 3.8) is 0 Å². The average Bonchev–Trinajstić information content (AvgIpc) is 2.05. The maximum absolute atomic E-state index is 8.54. The number of methoxy groups -OCH3 is 1. The van der Waals surface area contributed by atoms with E-state index in [4.69, 9.17) is 10.00 Å². The second-order valence-corrected chi connectivity index (χ2v) is 1.97. The minimum absolute atomic E-state index is 0.358. The molecule has 4 heteroatoms. The summed E-state index contributed by atoms with van der Waals surface area (Å²) >= 11 is 0. The Bertz CT molecular complexity index is 303. The van der Waals surface area contributed by atoms with Crippen LogP contribution in [0.25, 0.3) is 0 Å². The Labute approximate surface area is 64.5 Å². The van der Waals surface area contributed by atoms with Gasteiger partial charge in [-0.3, -0.25) is 0 Å². The average molecular weight is 149 g/mol. The predicted octanol–water partition coefficient (Wildman–Crippen LogP) is 0.665. The highest BCUT2D eigenvalue weighted by Crippen LogP contribution is 2.13. The third-order valence-electron chi connectivity index (χ3n) is 1.34. The first kappa shape index (κ1) is 7.48. The van der Waals surface area contributed by atoms with Gasteiger partial charge in [-0.1, -0.05) is 0 Å². The fourth-order valence-corrected chi connectivity index (χ4v) is 0.752. The van der Waals surface area contributed by atoms with E-state index in [9.17, 15) is 0 Å². The fourth-order valence-electron chi connectivity index (χ4n) is 0.752. The van der Waals surface area contributed by atoms with E-state index in [0.29, 0.717) is 17.1 Å². The van der Waals surface area contributed by atoms with E-state index < -0.39 is 0 Å². The third-order valence-corrected chi connectivity index (χ3v) is 1.34. The molecule has 0 aromatic carbocycles. The molecule has 0 unspecified atom stereocenters. The largest absolute Gasteiger partial charge is 0.481 e. The maximum atomic E-state index is 8.54. The Hall–Kier alpha value is -1.63. The summed E-state index contributed by atoms with van der Waals surface area (Å²) in [5.41, 5.74) is 1.04. The van der Waals surface area contributed by atoms with Gasteiger partial charge in [0, 0.05) is 5.56 Å². The Morgan fingerprint density at radius 2 is 2.27 bits per heavy atom. The summed E-state index contributed by atoms with van der Waals surface area (Å²) in [5.74, 6) is 0.455. The van der Waals surface area contributed by atoms with Crippen molar-refractivity contribution in [2.75, 3.05) is 7.11 Å². The molecule has 1 rings (SSSR count). The van der Waals surface area contributed by atoms with Crippen LogP contribution in [0.1, 0.15) is 11.3 Å². The van der Waals surface area contributed by atoms with Crippen LogP contribution in [0.3, 0.4) is 0 Å². The first-order chi connectivity index (χ1) is 5.29. The van der Waals surface area contributed by atoms with E-state index in [-0.39, 0.29) is 0 Å². The van der Waals surface area contributed by atoms with E-state index in [1.807, 2.05) is 6.07 Å². The molecule has 0 bridgehead atoms. The molecule has 1 aromatic heterocycles. The number of nitriles is 1. The van der Waals surface area contributed by atoms with E-state index in [1.54, 1.807) is 6.92 Å². The number of hydrogen-bond donors (Lipinski definition) is 0. The van der Waals surface area contributed by atoms with Crippen molar-refractivity contribution in [1.29, 1.82) is 5.26 Å². The number of ether oxygens (including phenoxy) is 1. The minimum atomic E-state index is 0.358. The molecule has 0 spiro atoms. The normalized spacial score (nSPS) is 8.82. The zero-order valence-electron chi connectivity index (χ0n) is 6.33. The lowest BCUT2D eigenvalue weighted by Gasteiger charge is -2.01. The number of aromatic nitrogens is 2. The van der Waals surface area contributed by atoms with Crippen molar-refractivity contribution in [2.24, 2.45) is 0 Å². The molecular weight excluding hydrogens is 142 g/mol. The molecule has 0 fully saturated rings. The molecule has 0 amide bonds. The summed E-state index contributed by atoms with van der Waals surface area (Å²) in [6.45, 7) is 1.75. The predicted molar refractivity (Wildman–Crippen MR) is 38.0 cm³/mol. The van der Waals surface area contributed by atoms with E-state index in [0.717, 1.165) is 0 Å². The van der Waals surface area contributed by atoms with Crippen molar-refractivity contribution in [2.45, 2.75) is 6.92 Å². The molecular formula is C7H7N3O. The van der Waals surface area contributed by atoms with Crippen LogP contribution in [0.2, 0.25) is 0 Å². The Balaban J connectivity index is 3.23. The summed E-state index contributed by atoms with van der Waals surface area (Å²) in [5, 5.41) is 8.54. The van der Waals surface area contributed by atoms with Gasteiger partial charge in [-0.05, 0) is 6.92 Å². The standard InChI is InChI=1S/C7H7N3O/c1-5-6(3-8)9-4-10-7(5)11-2/h4H,1-2H3. The topological polar surface area (TPSA) is 58.8 Å². The van der Waals surface area contributed by atoms with Gasteiger partial charge >= 0.3 is 0 Å². The van der Waals surface area contributed by atoms with Crippen molar-refractivity contribution in [3.8, 4) is 11.9 Å². The number of hydrogen-bond acceptors (Lipinski definition) is 4. The molecule has 0 atom stereocenters. The summed E-state index contributed by atoms with van der Waals surface area (Å²) in [6.07, 6.45) is 1.31. The quantitative estimate of drug-likeness (QED) is 0.588. The summed E-state index contributed by atoms with van der Waals surface area (Å²) < 4.78 is 4.89. The second kappa shape index (κ2) is 2.97. The number of rotatable bonds is 1. The van der Waals surface area contributed by atoms with Gasteiger partial charge in [-0.25, -0.2) is 9.97 Å². The lowest BCUT2D eigenvalue weighted by Crippen LogP contribution is -1.95. The molecule has 0 aliphatic carbocycles. The first-order valence-corrected chi connectivity index (χ1v) is 3.05. The molecule has 0 radical (unpaired) electrons. The molecule has 4 nitrogen and oxygen atoms in total. The van der Waals surface area contributed by atoms with Crippen LogP contribution < -0.4 is 4.74 Å². The molecule has 0 aliphatic rings. The molecule has 0 saturated heterocycles. The van der Waals surface area contributed by atoms with Gasteiger partial charge < -0.3 is 4.74 Å². The molecule has 0 aliphatic heterocycles.